The summed E-state index contributed by atoms with van der Waals surface area (Å²) in [5, 5.41) is 8.64. The van der Waals surface area contributed by atoms with E-state index in [4.69, 9.17) is 4.52 Å². The van der Waals surface area contributed by atoms with Gasteiger partial charge in [0.2, 0.25) is 5.91 Å². The fraction of sp³-hybridized carbons (Fsp3) is 0.200. The molecule has 0 unspecified atom stereocenters. The van der Waals surface area contributed by atoms with Gasteiger partial charge in [0.1, 0.15) is 22.8 Å². The van der Waals surface area contributed by atoms with Crippen molar-refractivity contribution >= 4 is 38.8 Å². The Labute approximate surface area is 203 Å². The molecule has 0 radical (unpaired) electrons. The molecular weight excluding hydrogens is 468 g/mol. The van der Waals surface area contributed by atoms with Crippen LogP contribution in [0.5, 0.6) is 0 Å². The van der Waals surface area contributed by atoms with Gasteiger partial charge >= 0.3 is 0 Å². The number of rotatable bonds is 8. The van der Waals surface area contributed by atoms with Gasteiger partial charge in [-0.05, 0) is 17.9 Å². The van der Waals surface area contributed by atoms with E-state index in [2.05, 4.69) is 10.1 Å². The molecule has 4 aromatic heterocycles. The van der Waals surface area contributed by atoms with Crippen molar-refractivity contribution in [2.24, 2.45) is 0 Å². The third kappa shape index (κ3) is 4.57. The molecule has 0 saturated heterocycles. The van der Waals surface area contributed by atoms with Crippen LogP contribution < -0.4 is 5.56 Å². The number of nitrogens with zero attached hydrogens (tertiary/aromatic N) is 4. The number of likely N-dealkylation sites (N-methyl/N-ethyl adjacent to an activating group) is 1. The SMILES string of the molecule is CN(CCCc1cc(-c2ccccc2)no1)C(=O)Cn1cnc2scc(-c3cccs3)c2c1=O. The molecule has 5 aromatic rings. The number of fused-ring (bicyclic) bond motifs is 1. The average Bonchev–Trinajstić information content (AvgIpc) is 3.62. The number of carbonyl (C=O) groups excluding carboxylic acids is 1. The molecule has 9 heteroatoms. The average molecular weight is 491 g/mol. The van der Waals surface area contributed by atoms with Crippen molar-refractivity contribution in [2.45, 2.75) is 19.4 Å². The Hall–Kier alpha value is -3.56. The minimum absolute atomic E-state index is 0.0432. The quantitative estimate of drug-likeness (QED) is 0.308. The van der Waals surface area contributed by atoms with Crippen molar-refractivity contribution in [1.29, 1.82) is 0 Å². The smallest absolute Gasteiger partial charge is 0.263 e. The number of aryl methyl sites for hydroxylation is 1. The Balaban J connectivity index is 1.21. The standard InChI is InChI=1S/C25H22N4O3S2/c1-28(11-5-9-18-13-20(27-32-18)17-7-3-2-4-8-17)22(30)14-29-16-26-24-23(25(29)31)19(15-34-24)21-10-6-12-33-21/h2-4,6-8,10,12-13,15-16H,5,9,11,14H2,1H3. The maximum atomic E-state index is 13.1. The summed E-state index contributed by atoms with van der Waals surface area (Å²) in [4.78, 5) is 33.7. The van der Waals surface area contributed by atoms with E-state index in [1.807, 2.05) is 59.3 Å². The van der Waals surface area contributed by atoms with Crippen molar-refractivity contribution in [3.63, 3.8) is 0 Å². The van der Waals surface area contributed by atoms with E-state index >= 15 is 0 Å². The van der Waals surface area contributed by atoms with Crippen LogP contribution in [0.3, 0.4) is 0 Å². The van der Waals surface area contributed by atoms with Crippen LogP contribution in [-0.2, 0) is 17.8 Å². The highest BCUT2D eigenvalue weighted by molar-refractivity contribution is 7.18. The first kappa shape index (κ1) is 22.2. The van der Waals surface area contributed by atoms with Crippen LogP contribution in [0.1, 0.15) is 12.2 Å². The van der Waals surface area contributed by atoms with Crippen LogP contribution in [-0.4, -0.2) is 39.1 Å². The minimum Gasteiger partial charge on any atom is -0.361 e. The minimum atomic E-state index is -0.188. The Morgan fingerprint density at radius 1 is 1.15 bits per heavy atom. The second-order valence-electron chi connectivity index (χ2n) is 7.95. The molecule has 4 heterocycles. The largest absolute Gasteiger partial charge is 0.361 e. The van der Waals surface area contributed by atoms with Gasteiger partial charge in [0.15, 0.2) is 0 Å². The van der Waals surface area contributed by atoms with E-state index < -0.39 is 0 Å². The maximum Gasteiger partial charge on any atom is 0.263 e. The third-order valence-electron chi connectivity index (χ3n) is 5.62. The van der Waals surface area contributed by atoms with E-state index in [1.165, 1.54) is 22.2 Å². The summed E-state index contributed by atoms with van der Waals surface area (Å²) in [6.07, 6.45) is 2.86. The highest BCUT2D eigenvalue weighted by atomic mass is 32.1. The Kier molecular flexibility index (Phi) is 6.37. The number of thiophene rings is 2. The van der Waals surface area contributed by atoms with Crippen molar-refractivity contribution in [3.05, 3.63) is 81.7 Å². The molecule has 0 aliphatic rings. The molecule has 0 aliphatic heterocycles. The first-order valence-corrected chi connectivity index (χ1v) is 12.6. The second kappa shape index (κ2) is 9.74. The summed E-state index contributed by atoms with van der Waals surface area (Å²) in [6, 6.07) is 15.7. The Morgan fingerprint density at radius 2 is 2.00 bits per heavy atom. The zero-order valence-electron chi connectivity index (χ0n) is 18.5. The summed E-state index contributed by atoms with van der Waals surface area (Å²) in [6.45, 7) is 0.502. The van der Waals surface area contributed by atoms with Crippen LogP contribution in [0.25, 0.3) is 31.9 Å². The highest BCUT2D eigenvalue weighted by Gasteiger charge is 2.17. The fourth-order valence-electron chi connectivity index (χ4n) is 3.75. The summed E-state index contributed by atoms with van der Waals surface area (Å²) < 4.78 is 6.84. The molecular formula is C25H22N4O3S2. The molecule has 0 atom stereocenters. The number of carbonyl (C=O) groups is 1. The van der Waals surface area contributed by atoms with Gasteiger partial charge in [0, 0.05) is 47.5 Å². The topological polar surface area (TPSA) is 81.2 Å². The van der Waals surface area contributed by atoms with Crippen LogP contribution in [0.2, 0.25) is 0 Å². The molecule has 0 aliphatic carbocycles. The normalized spacial score (nSPS) is 11.2. The van der Waals surface area contributed by atoms with Crippen LogP contribution in [0.4, 0.5) is 0 Å². The molecule has 0 bridgehead atoms. The summed E-state index contributed by atoms with van der Waals surface area (Å²) in [7, 11) is 1.75. The van der Waals surface area contributed by atoms with Crippen LogP contribution in [0.15, 0.2) is 74.9 Å². The molecule has 0 fully saturated rings. The lowest BCUT2D eigenvalue weighted by atomic mass is 10.1. The lowest BCUT2D eigenvalue weighted by Gasteiger charge is -2.17. The predicted octanol–water partition coefficient (Wildman–Crippen LogP) is 4.93. The molecule has 34 heavy (non-hydrogen) atoms. The van der Waals surface area contributed by atoms with E-state index in [1.54, 1.807) is 23.3 Å². The van der Waals surface area contributed by atoms with Gasteiger partial charge in [-0.2, -0.15) is 0 Å². The first-order chi connectivity index (χ1) is 16.6. The number of benzene rings is 1. The molecule has 1 aromatic carbocycles. The van der Waals surface area contributed by atoms with Crippen LogP contribution >= 0.6 is 22.7 Å². The van der Waals surface area contributed by atoms with Gasteiger partial charge in [0.25, 0.3) is 5.56 Å². The zero-order chi connectivity index (χ0) is 23.5. The van der Waals surface area contributed by atoms with E-state index in [0.29, 0.717) is 23.2 Å². The molecule has 0 spiro atoms. The number of hydrogen-bond donors (Lipinski definition) is 0. The van der Waals surface area contributed by atoms with Crippen molar-refractivity contribution in [1.82, 2.24) is 19.6 Å². The Morgan fingerprint density at radius 3 is 2.79 bits per heavy atom. The lowest BCUT2D eigenvalue weighted by molar-refractivity contribution is -0.130. The van der Waals surface area contributed by atoms with E-state index in [9.17, 15) is 9.59 Å². The summed E-state index contributed by atoms with van der Waals surface area (Å²) >= 11 is 3.02. The van der Waals surface area contributed by atoms with Gasteiger partial charge in [-0.15, -0.1) is 22.7 Å². The Bertz CT molecular complexity index is 1470. The molecule has 7 nitrogen and oxygen atoms in total. The van der Waals surface area contributed by atoms with Gasteiger partial charge in [-0.3, -0.25) is 14.2 Å². The molecule has 0 saturated carbocycles. The molecule has 5 rings (SSSR count). The van der Waals surface area contributed by atoms with Crippen molar-refractivity contribution in [3.8, 4) is 21.7 Å². The summed E-state index contributed by atoms with van der Waals surface area (Å²) in [5.74, 6) is 0.642. The fourth-order valence-corrected chi connectivity index (χ4v) is 5.47. The zero-order valence-corrected chi connectivity index (χ0v) is 20.1. The maximum absolute atomic E-state index is 13.1. The third-order valence-corrected chi connectivity index (χ3v) is 7.41. The van der Waals surface area contributed by atoms with Gasteiger partial charge in [-0.1, -0.05) is 41.6 Å². The lowest BCUT2D eigenvalue weighted by Crippen LogP contribution is -2.34. The van der Waals surface area contributed by atoms with Gasteiger partial charge in [0.05, 0.1) is 11.7 Å². The number of amides is 1. The number of aromatic nitrogens is 3. The summed E-state index contributed by atoms with van der Waals surface area (Å²) in [5.41, 5.74) is 2.50. The van der Waals surface area contributed by atoms with Crippen molar-refractivity contribution in [2.75, 3.05) is 13.6 Å². The van der Waals surface area contributed by atoms with E-state index in [-0.39, 0.29) is 18.0 Å². The molecule has 1 amide bonds. The first-order valence-electron chi connectivity index (χ1n) is 10.9. The van der Waals surface area contributed by atoms with Crippen LogP contribution in [0, 0.1) is 0 Å². The van der Waals surface area contributed by atoms with E-state index in [0.717, 1.165) is 33.9 Å². The van der Waals surface area contributed by atoms with Gasteiger partial charge < -0.3 is 9.42 Å². The predicted molar refractivity (Wildman–Crippen MR) is 135 cm³/mol. The molecule has 172 valence electrons. The monoisotopic (exact) mass is 490 g/mol. The highest BCUT2D eigenvalue weighted by Crippen LogP contribution is 2.33. The second-order valence-corrected chi connectivity index (χ2v) is 9.75. The van der Waals surface area contributed by atoms with Gasteiger partial charge in [-0.25, -0.2) is 4.98 Å². The van der Waals surface area contributed by atoms with Crippen molar-refractivity contribution < 1.29 is 9.32 Å². The number of hydrogen-bond acceptors (Lipinski definition) is 7. The molecule has 0 N–H and O–H groups in total.